The molecule has 1 N–H and O–H groups in total. The van der Waals surface area contributed by atoms with E-state index in [2.05, 4.69) is 5.32 Å². The molecule has 0 heterocycles. The summed E-state index contributed by atoms with van der Waals surface area (Å²) in [5.74, 6) is -0.284. The lowest BCUT2D eigenvalue weighted by atomic mass is 10.1. The zero-order valence-corrected chi connectivity index (χ0v) is 14.2. The fraction of sp³-hybridized carbons (Fsp3) is 0.235. The highest BCUT2D eigenvalue weighted by molar-refractivity contribution is 6.34. The van der Waals surface area contributed by atoms with Crippen molar-refractivity contribution in [1.82, 2.24) is 5.32 Å². The SMILES string of the molecule is C[C@@H](Oc1cc(Cl)ccc1Cl)C(=O)N[C@H](C)c1ccc(F)cc1. The van der Waals surface area contributed by atoms with Gasteiger partial charge in [-0.25, -0.2) is 4.39 Å². The monoisotopic (exact) mass is 355 g/mol. The third kappa shape index (κ3) is 4.85. The molecule has 0 aliphatic heterocycles. The van der Waals surface area contributed by atoms with Crippen LogP contribution in [0.5, 0.6) is 5.75 Å². The highest BCUT2D eigenvalue weighted by atomic mass is 35.5. The second-order valence-electron chi connectivity index (χ2n) is 5.12. The number of benzene rings is 2. The molecule has 2 atom stereocenters. The van der Waals surface area contributed by atoms with Crippen molar-refractivity contribution < 1.29 is 13.9 Å². The second-order valence-corrected chi connectivity index (χ2v) is 5.96. The quantitative estimate of drug-likeness (QED) is 0.838. The molecule has 0 aliphatic rings. The first-order valence-corrected chi connectivity index (χ1v) is 7.80. The number of hydrogen-bond acceptors (Lipinski definition) is 2. The van der Waals surface area contributed by atoms with Crippen molar-refractivity contribution in [2.24, 2.45) is 0 Å². The molecule has 0 radical (unpaired) electrons. The van der Waals surface area contributed by atoms with Crippen molar-refractivity contribution in [2.45, 2.75) is 26.0 Å². The van der Waals surface area contributed by atoms with Crippen molar-refractivity contribution in [3.05, 3.63) is 63.9 Å². The number of halogens is 3. The Bertz CT molecular complexity index is 691. The summed E-state index contributed by atoms with van der Waals surface area (Å²) in [6.45, 7) is 3.42. The number of nitrogens with one attached hydrogen (secondary N) is 1. The molecule has 0 aliphatic carbocycles. The summed E-state index contributed by atoms with van der Waals surface area (Å²) in [5.41, 5.74) is 0.799. The van der Waals surface area contributed by atoms with Crippen molar-refractivity contribution >= 4 is 29.1 Å². The van der Waals surface area contributed by atoms with E-state index in [4.69, 9.17) is 27.9 Å². The molecular weight excluding hydrogens is 340 g/mol. The minimum Gasteiger partial charge on any atom is -0.479 e. The summed E-state index contributed by atoms with van der Waals surface area (Å²) in [5, 5.41) is 3.65. The van der Waals surface area contributed by atoms with Crippen LogP contribution in [-0.2, 0) is 4.79 Å². The highest BCUT2D eigenvalue weighted by Crippen LogP contribution is 2.28. The summed E-state index contributed by atoms with van der Waals surface area (Å²) in [4.78, 5) is 12.2. The average Bonchev–Trinajstić information content (AvgIpc) is 2.51. The van der Waals surface area contributed by atoms with Gasteiger partial charge in [-0.15, -0.1) is 0 Å². The molecular formula is C17H16Cl2FNO2. The molecule has 2 aromatic rings. The molecule has 0 saturated heterocycles. The van der Waals surface area contributed by atoms with Crippen LogP contribution < -0.4 is 10.1 Å². The maximum atomic E-state index is 12.9. The van der Waals surface area contributed by atoms with E-state index >= 15 is 0 Å². The van der Waals surface area contributed by atoms with Crippen molar-refractivity contribution in [1.29, 1.82) is 0 Å². The topological polar surface area (TPSA) is 38.3 Å². The fourth-order valence-electron chi connectivity index (χ4n) is 1.98. The number of amides is 1. The lowest BCUT2D eigenvalue weighted by Crippen LogP contribution is -2.37. The molecule has 3 nitrogen and oxygen atoms in total. The summed E-state index contributed by atoms with van der Waals surface area (Å²) < 4.78 is 18.5. The highest BCUT2D eigenvalue weighted by Gasteiger charge is 2.19. The first-order chi connectivity index (χ1) is 10.9. The van der Waals surface area contributed by atoms with Gasteiger partial charge >= 0.3 is 0 Å². The van der Waals surface area contributed by atoms with Gasteiger partial charge in [-0.2, -0.15) is 0 Å². The number of carbonyl (C=O) groups is 1. The smallest absolute Gasteiger partial charge is 0.261 e. The van der Waals surface area contributed by atoms with Gasteiger partial charge < -0.3 is 10.1 Å². The number of rotatable bonds is 5. The minimum absolute atomic E-state index is 0.274. The molecule has 0 fully saturated rings. The number of carbonyl (C=O) groups excluding carboxylic acids is 1. The van der Waals surface area contributed by atoms with Crippen molar-refractivity contribution in [3.63, 3.8) is 0 Å². The molecule has 0 aromatic heterocycles. The van der Waals surface area contributed by atoms with Gasteiger partial charge in [0.1, 0.15) is 11.6 Å². The van der Waals surface area contributed by atoms with Gasteiger partial charge in [-0.3, -0.25) is 4.79 Å². The molecule has 0 unspecified atom stereocenters. The van der Waals surface area contributed by atoms with E-state index in [-0.39, 0.29) is 17.8 Å². The van der Waals surface area contributed by atoms with E-state index in [1.807, 2.05) is 6.92 Å². The van der Waals surface area contributed by atoms with Gasteiger partial charge in [0.15, 0.2) is 6.10 Å². The molecule has 0 spiro atoms. The van der Waals surface area contributed by atoms with Gasteiger partial charge in [-0.05, 0) is 43.7 Å². The lowest BCUT2D eigenvalue weighted by molar-refractivity contribution is -0.127. The molecule has 122 valence electrons. The van der Waals surface area contributed by atoms with Crippen LogP contribution in [0.3, 0.4) is 0 Å². The van der Waals surface area contributed by atoms with Crippen LogP contribution in [0, 0.1) is 5.82 Å². The van der Waals surface area contributed by atoms with Crippen molar-refractivity contribution in [3.8, 4) is 5.75 Å². The van der Waals surface area contributed by atoms with Crippen LogP contribution in [0.4, 0.5) is 4.39 Å². The normalized spacial score (nSPS) is 13.3. The van der Waals surface area contributed by atoms with E-state index in [1.165, 1.54) is 12.1 Å². The Labute approximate surface area is 144 Å². The zero-order valence-electron chi connectivity index (χ0n) is 12.6. The first kappa shape index (κ1) is 17.6. The van der Waals surface area contributed by atoms with Crippen LogP contribution >= 0.6 is 23.2 Å². The predicted molar refractivity (Wildman–Crippen MR) is 89.5 cm³/mol. The van der Waals surface area contributed by atoms with Crippen molar-refractivity contribution in [2.75, 3.05) is 0 Å². The molecule has 6 heteroatoms. The molecule has 2 aromatic carbocycles. The Balaban J connectivity index is 1.99. The molecule has 0 saturated carbocycles. The minimum atomic E-state index is -0.756. The summed E-state index contributed by atoms with van der Waals surface area (Å²) in [7, 11) is 0. The Morgan fingerprint density at radius 1 is 1.13 bits per heavy atom. The molecule has 0 bridgehead atoms. The van der Waals surface area contributed by atoms with Gasteiger partial charge in [0.2, 0.25) is 0 Å². The largest absolute Gasteiger partial charge is 0.479 e. The fourth-order valence-corrected chi connectivity index (χ4v) is 2.30. The van der Waals surface area contributed by atoms with E-state index in [9.17, 15) is 9.18 Å². The van der Waals surface area contributed by atoms with E-state index in [0.29, 0.717) is 15.8 Å². The van der Waals surface area contributed by atoms with Crippen LogP contribution in [0.25, 0.3) is 0 Å². The van der Waals surface area contributed by atoms with E-state index < -0.39 is 6.10 Å². The van der Waals surface area contributed by atoms with Crippen LogP contribution in [0.1, 0.15) is 25.5 Å². The van der Waals surface area contributed by atoms with Crippen LogP contribution in [0.15, 0.2) is 42.5 Å². The Morgan fingerprint density at radius 2 is 1.78 bits per heavy atom. The zero-order chi connectivity index (χ0) is 17.0. The van der Waals surface area contributed by atoms with Gasteiger partial charge in [-0.1, -0.05) is 35.3 Å². The average molecular weight is 356 g/mol. The van der Waals surface area contributed by atoms with Crippen LogP contribution in [-0.4, -0.2) is 12.0 Å². The Hall–Kier alpha value is -1.78. The van der Waals surface area contributed by atoms with Gasteiger partial charge in [0.25, 0.3) is 5.91 Å². The molecule has 2 rings (SSSR count). The Morgan fingerprint density at radius 3 is 2.43 bits per heavy atom. The lowest BCUT2D eigenvalue weighted by Gasteiger charge is -2.19. The second kappa shape index (κ2) is 7.66. The predicted octanol–water partition coefficient (Wildman–Crippen LogP) is 4.78. The number of ether oxygens (including phenoxy) is 1. The van der Waals surface area contributed by atoms with E-state index in [1.54, 1.807) is 37.3 Å². The number of hydrogen-bond donors (Lipinski definition) is 1. The third-order valence-electron chi connectivity index (χ3n) is 3.29. The molecule has 23 heavy (non-hydrogen) atoms. The summed E-state index contributed by atoms with van der Waals surface area (Å²) in [6.07, 6.45) is -0.756. The summed E-state index contributed by atoms with van der Waals surface area (Å²) >= 11 is 11.9. The van der Waals surface area contributed by atoms with Gasteiger partial charge in [0, 0.05) is 11.1 Å². The maximum absolute atomic E-state index is 12.9. The maximum Gasteiger partial charge on any atom is 0.261 e. The van der Waals surface area contributed by atoms with E-state index in [0.717, 1.165) is 5.56 Å². The first-order valence-electron chi connectivity index (χ1n) is 7.04. The summed E-state index contributed by atoms with van der Waals surface area (Å²) in [6, 6.07) is 10.5. The van der Waals surface area contributed by atoms with Crippen LogP contribution in [0.2, 0.25) is 10.0 Å². The molecule has 1 amide bonds. The Kier molecular flexibility index (Phi) is 5.85. The standard InChI is InChI=1S/C17H16Cl2FNO2/c1-10(12-3-6-14(20)7-4-12)21-17(22)11(2)23-16-9-13(18)5-8-15(16)19/h3-11H,1-2H3,(H,21,22)/t10-,11-/m1/s1. The van der Waals surface area contributed by atoms with Gasteiger partial charge in [0.05, 0.1) is 11.1 Å². The third-order valence-corrected chi connectivity index (χ3v) is 3.84.